The number of hydrogen-bond donors (Lipinski definition) is 12. The summed E-state index contributed by atoms with van der Waals surface area (Å²) in [6.07, 6.45) is 16.9. The van der Waals surface area contributed by atoms with E-state index >= 15 is 0 Å². The van der Waals surface area contributed by atoms with Crippen molar-refractivity contribution in [3.05, 3.63) is 135 Å². The number of anilines is 3. The number of methoxy groups -OCH3 is 2. The van der Waals surface area contributed by atoms with Gasteiger partial charge in [0.25, 0.3) is 11.5 Å². The lowest BCUT2D eigenvalue weighted by Gasteiger charge is -2.39. The van der Waals surface area contributed by atoms with Crippen LogP contribution in [0.5, 0.6) is 29.0 Å². The second-order valence-corrected chi connectivity index (χ2v) is 38.1. The summed E-state index contributed by atoms with van der Waals surface area (Å²) >= 11 is 0. The van der Waals surface area contributed by atoms with Crippen molar-refractivity contribution in [2.45, 2.75) is 277 Å². The normalized spacial score (nSPS) is 19.2. The zero-order valence-corrected chi connectivity index (χ0v) is 86.3. The molecule has 816 valence electrons. The first-order valence-corrected chi connectivity index (χ1v) is 49.2. The lowest BCUT2D eigenvalue weighted by atomic mass is 10.1. The van der Waals surface area contributed by atoms with E-state index in [2.05, 4.69) is 70.9 Å². The van der Waals surface area contributed by atoms with Crippen molar-refractivity contribution in [2.75, 3.05) is 121 Å². The van der Waals surface area contributed by atoms with Crippen LogP contribution in [0.15, 0.2) is 78.8 Å². The van der Waals surface area contributed by atoms with Crippen LogP contribution in [0.4, 0.5) is 45.0 Å². The smallest absolute Gasteiger partial charge is 0.407 e. The average Bonchev–Trinajstić information content (AvgIpc) is 1.58. The van der Waals surface area contributed by atoms with E-state index < -0.39 is 95.0 Å². The Balaban J connectivity index is 0.000000193. The number of carbonyl (C=O) groups is 6. The van der Waals surface area contributed by atoms with Crippen molar-refractivity contribution >= 4 is 70.5 Å². The number of nitrogens with one attached hydrogen (secondary N) is 5. The highest BCUT2D eigenvalue weighted by Gasteiger charge is 2.46. The molecule has 12 N–H and O–H groups in total. The lowest BCUT2D eigenvalue weighted by molar-refractivity contribution is -0.0568. The molecule has 0 unspecified atom stereocenters. The summed E-state index contributed by atoms with van der Waals surface area (Å²) in [6.45, 7) is 27.4. The van der Waals surface area contributed by atoms with Crippen LogP contribution >= 0.6 is 0 Å². The first-order chi connectivity index (χ1) is 70.6. The van der Waals surface area contributed by atoms with Crippen LogP contribution in [-0.2, 0) is 62.3 Å². The summed E-state index contributed by atoms with van der Waals surface area (Å²) in [5, 5.41) is 83.8. The summed E-state index contributed by atoms with van der Waals surface area (Å²) < 4.78 is 123. The fourth-order valence-corrected chi connectivity index (χ4v) is 15.9. The summed E-state index contributed by atoms with van der Waals surface area (Å²) in [6, 6.07) is 3.97. The van der Waals surface area contributed by atoms with Crippen molar-refractivity contribution in [1.82, 2.24) is 80.0 Å². The van der Waals surface area contributed by atoms with Gasteiger partial charge in [-0.25, -0.2) is 75.6 Å². The van der Waals surface area contributed by atoms with Gasteiger partial charge in [0, 0.05) is 56.8 Å². The molecule has 8 aliphatic rings. The van der Waals surface area contributed by atoms with Crippen LogP contribution in [0.2, 0.25) is 0 Å². The number of fused-ring (bicyclic) bond motifs is 9. The number of esters is 2. The maximum atomic E-state index is 14.7. The molecule has 9 aromatic heterocycles. The van der Waals surface area contributed by atoms with Crippen molar-refractivity contribution in [3.63, 3.8) is 0 Å². The standard InChI is InChI=1S/C30H39FN6O8.C21H21FN6O4.C20H20FN5O4.C9H19NO3.C8H17NO4.C4H10O2.C3H6O2.C3H8O/c1-6-42-28(38)21-13-34-37-15-24-26(35-25(21)37)36(22-8-7-9-23(22)44-24)14-18-10-19(31)11-32-27(18)43-20(16-41-17-40-5)12-33-29(39)45-30(2,3)4;22-12-4-11-8-27-15-2-1-3-16(15)32-17-9-28-18(26-19(17)27)14(7-25-28)20(30)23-6-13(10-29)31-21(11)24-5-12;1-2-29-20(28)13-8-23-26-10-16-18(24-17(13)26)25(14-4-3-5-15(14)30-16)9-11-6-12(21)7-22-19(11)27;1-5-7(11)6-10-8(12)13-9(2,3)4;1-8(2,3)13-7(12)9-4-6(11)5-10;1-2-4(6)3-5;4-1-3-2-5-3;1-3-4-2/h10-11,13,15,20,22-23H,6-9,12,14,16-17H2,1-5H3,(H,33,39);4-5,7,9,13,15-16,29H,1-3,6,8,10H2,(H,23,30);6-8,10,14-15H,2-5,9H2,1H3,(H,22,27);7,11H,5-6H2,1-4H3,(H,10,12);6,10-11H,4-5H2,1-3H3,(H,9,12);4-6H,2-3H2,1H3;3-4H,1-2H2;3H2,1-2H3/t20-,22+,23-;13-,15+,16-;14-,15+;7-;6-;4-;3-;/m0010110./s1. The number of epoxide rings is 1. The molecule has 0 radical (unpaired) electrons. The molecule has 3 aliphatic carbocycles. The molecular weight excluding hydrogens is 1950 g/mol. The predicted octanol–water partition coefficient (Wildman–Crippen LogP) is 7.70. The molecular formula is C98H140F3N19O28. The van der Waals surface area contributed by atoms with Gasteiger partial charge in [0.2, 0.25) is 11.8 Å². The molecule has 9 aromatic rings. The number of aromatic nitrogens is 12. The summed E-state index contributed by atoms with van der Waals surface area (Å²) in [5.74, 6) is 0.526. The number of amides is 4. The zero-order valence-electron chi connectivity index (χ0n) is 86.3. The third-order valence-corrected chi connectivity index (χ3v) is 23.1. The molecule has 17 rings (SSSR count). The first-order valence-electron chi connectivity index (χ1n) is 49.2. The number of ether oxygens (including phenoxy) is 14. The van der Waals surface area contributed by atoms with Gasteiger partial charge in [0.15, 0.2) is 51.6 Å². The first kappa shape index (κ1) is 117. The molecule has 14 heterocycles. The number of pyridine rings is 3. The molecule has 50 heteroatoms. The quantitative estimate of drug-likeness (QED) is 0.00771. The topological polar surface area (TPSA) is 584 Å². The van der Waals surface area contributed by atoms with E-state index in [0.717, 1.165) is 89.6 Å². The van der Waals surface area contributed by atoms with E-state index in [0.29, 0.717) is 93.3 Å². The highest BCUT2D eigenvalue weighted by Crippen LogP contribution is 2.46. The van der Waals surface area contributed by atoms with Gasteiger partial charge in [-0.3, -0.25) is 9.59 Å². The largest absolute Gasteiger partial charge is 0.483 e. The summed E-state index contributed by atoms with van der Waals surface area (Å²) in [4.78, 5) is 115. The van der Waals surface area contributed by atoms with Gasteiger partial charge in [-0.2, -0.15) is 15.3 Å². The molecule has 0 aromatic carbocycles. The van der Waals surface area contributed by atoms with E-state index in [9.17, 15) is 51.8 Å². The van der Waals surface area contributed by atoms with Gasteiger partial charge >= 0.3 is 30.2 Å². The Morgan fingerprint density at radius 1 is 0.534 bits per heavy atom. The van der Waals surface area contributed by atoms with Crippen molar-refractivity contribution in [3.8, 4) is 29.0 Å². The van der Waals surface area contributed by atoms with Gasteiger partial charge in [-0.1, -0.05) is 13.8 Å². The molecule has 5 aliphatic heterocycles. The number of nitrogens with zero attached hydrogens (tertiary/aromatic N) is 14. The Bertz CT molecular complexity index is 5840. The molecule has 3 saturated carbocycles. The minimum Gasteiger partial charge on any atom is -0.483 e. The fourth-order valence-electron chi connectivity index (χ4n) is 15.9. The van der Waals surface area contributed by atoms with Crippen molar-refractivity contribution in [2.24, 2.45) is 0 Å². The number of aromatic amines is 1. The van der Waals surface area contributed by atoms with Crippen LogP contribution in [-0.4, -0.2) is 327 Å². The van der Waals surface area contributed by atoms with Crippen LogP contribution < -0.4 is 65.2 Å². The molecule has 2 bridgehead atoms. The molecule has 1 saturated heterocycles. The summed E-state index contributed by atoms with van der Waals surface area (Å²) in [7, 11) is 3.17. The maximum Gasteiger partial charge on any atom is 0.407 e. The second kappa shape index (κ2) is 55.4. The van der Waals surface area contributed by atoms with E-state index in [1.807, 2.05) is 30.6 Å². The van der Waals surface area contributed by atoms with Crippen LogP contribution in [0, 0.1) is 17.5 Å². The third kappa shape index (κ3) is 34.1. The van der Waals surface area contributed by atoms with E-state index in [1.54, 1.807) is 102 Å². The maximum absolute atomic E-state index is 14.7. The lowest BCUT2D eigenvalue weighted by Crippen LogP contribution is -2.47. The fraction of sp³-hybridized carbons (Fsp3) is 0.602. The number of aliphatic hydroxyl groups excluding tert-OH is 7. The number of halogens is 3. The van der Waals surface area contributed by atoms with Gasteiger partial charge < -0.3 is 143 Å². The number of rotatable bonds is 27. The van der Waals surface area contributed by atoms with Crippen LogP contribution in [0.25, 0.3) is 16.9 Å². The predicted molar refractivity (Wildman–Crippen MR) is 527 cm³/mol. The Labute approximate surface area is 853 Å². The number of carbonyl (C=O) groups excluding carboxylic acids is 6. The summed E-state index contributed by atoms with van der Waals surface area (Å²) in [5.41, 5.74) is 1.03. The number of aliphatic hydroxyl groups is 7. The minimum atomic E-state index is -0.937. The highest BCUT2D eigenvalue weighted by atomic mass is 19.1. The monoisotopic (exact) mass is 2090 g/mol. The van der Waals surface area contributed by atoms with Crippen molar-refractivity contribution < 1.29 is 144 Å². The SMILES string of the molecule is CC(C)(C)OC(=O)NC[C@@H](O)CO.CCOC.CCOC(=O)c1cnn2cc3c(nc12)N(Cc1cc(F)c[nH]c1=O)[C@@H]1CCC[C@@H]1O3.CCOC(=O)c1cnn2cc3c(nc12)N(Cc1cc(F)cnc1O[C@@H](CNC(=O)OC(C)(C)C)COCOC)[C@@H]1CCC[C@@H]1O3.CC[C@@H](O)CO.CC[C@H](O)CNC(=O)OC(C)(C)C.O=C1NC[C@@H](CO)Oc2ncc(F)cc2CN2c3nc4c1cnn4cc3O[C@H]1CCC[C@H]12.OC[C@H]1CO1. The third-order valence-electron chi connectivity index (χ3n) is 23.1. The van der Waals surface area contributed by atoms with Gasteiger partial charge in [-0.05, 0) is 172 Å². The number of H-pyrrole nitrogens is 1. The molecule has 12 atom stereocenters. The molecule has 148 heavy (non-hydrogen) atoms. The number of hydrogen-bond acceptors (Lipinski definition) is 39. The van der Waals surface area contributed by atoms with E-state index in [-0.39, 0.29) is 169 Å². The van der Waals surface area contributed by atoms with Gasteiger partial charge in [-0.15, -0.1) is 0 Å². The van der Waals surface area contributed by atoms with E-state index in [4.69, 9.17) is 97.4 Å². The molecule has 0 spiro atoms. The molecule has 4 fully saturated rings. The van der Waals surface area contributed by atoms with Gasteiger partial charge in [0.05, 0.1) is 172 Å². The molecule has 4 amide bonds. The van der Waals surface area contributed by atoms with Crippen LogP contribution in [0.3, 0.4) is 0 Å². The minimum absolute atomic E-state index is 0.00378. The molecule has 47 nitrogen and oxygen atoms in total. The van der Waals surface area contributed by atoms with Crippen LogP contribution in [0.1, 0.15) is 215 Å². The highest BCUT2D eigenvalue weighted by molar-refractivity contribution is 6.00. The number of alkyl carbamates (subject to hydrolysis) is 3. The Hall–Kier alpha value is -12.9. The zero-order chi connectivity index (χ0) is 108. The van der Waals surface area contributed by atoms with Gasteiger partial charge in [0.1, 0.15) is 94.4 Å². The van der Waals surface area contributed by atoms with E-state index in [1.165, 1.54) is 57.4 Å². The Morgan fingerprint density at radius 2 is 0.993 bits per heavy atom. The second-order valence-electron chi connectivity index (χ2n) is 38.1. The average molecular weight is 2090 g/mol. The van der Waals surface area contributed by atoms with Crippen molar-refractivity contribution in [1.29, 1.82) is 0 Å². The Morgan fingerprint density at radius 3 is 1.47 bits per heavy atom. The Kier molecular flexibility index (Phi) is 43.8.